The van der Waals surface area contributed by atoms with Crippen LogP contribution in [0.15, 0.2) is 67.1 Å². The number of nitrogens with zero attached hydrogens (tertiary/aromatic N) is 4. The van der Waals surface area contributed by atoms with Crippen molar-refractivity contribution in [3.63, 3.8) is 0 Å². The van der Waals surface area contributed by atoms with Crippen molar-refractivity contribution in [2.75, 3.05) is 21.9 Å². The number of nitrogens with one attached hydrogen (secondary N) is 1. The van der Waals surface area contributed by atoms with Crippen LogP contribution in [0.2, 0.25) is 0 Å². The summed E-state index contributed by atoms with van der Waals surface area (Å²) in [7, 11) is 0. The summed E-state index contributed by atoms with van der Waals surface area (Å²) in [6.45, 7) is -1.77. The molecule has 9 heteroatoms. The maximum Gasteiger partial charge on any atom is 0.387 e. The number of ether oxygens (including phenoxy) is 1. The summed E-state index contributed by atoms with van der Waals surface area (Å²) in [5.74, 6) is 1.91. The number of rotatable bonds is 6. The highest BCUT2D eigenvalue weighted by atomic mass is 32.2. The van der Waals surface area contributed by atoms with Crippen molar-refractivity contribution in [2.24, 2.45) is 0 Å². The van der Waals surface area contributed by atoms with Gasteiger partial charge in [0.25, 0.3) is 0 Å². The molecule has 0 saturated carbocycles. The van der Waals surface area contributed by atoms with Gasteiger partial charge in [-0.15, -0.1) is 0 Å². The Morgan fingerprint density at radius 1 is 1.03 bits per heavy atom. The van der Waals surface area contributed by atoms with Crippen molar-refractivity contribution >= 4 is 34.8 Å². The molecule has 6 nitrogen and oxygen atoms in total. The van der Waals surface area contributed by atoms with Crippen LogP contribution in [0.1, 0.15) is 6.42 Å². The van der Waals surface area contributed by atoms with Crippen LogP contribution in [0.4, 0.5) is 26.0 Å². The van der Waals surface area contributed by atoms with Gasteiger partial charge in [-0.25, -0.2) is 9.97 Å². The number of alkyl halides is 2. The highest BCUT2D eigenvalue weighted by Gasteiger charge is 2.14. The third-order valence-electron chi connectivity index (χ3n) is 4.97. The molecule has 3 heterocycles. The normalized spacial score (nSPS) is 13.8. The van der Waals surface area contributed by atoms with E-state index in [1.54, 1.807) is 24.5 Å². The van der Waals surface area contributed by atoms with E-state index < -0.39 is 6.61 Å². The standard InChI is InChI=1S/C22H19F2N5OS/c23-22(24)30-18-8-2-15(3-9-18)19-14-26-21-20(25-10-12-28(19)21)27-16-4-6-17(7-5-16)29-11-1-13-31-29/h2-10,12,14,22H,1,11,13H2,(H,25,27). The molecule has 1 saturated heterocycles. The number of fused-ring (bicyclic) bond motifs is 1. The van der Waals surface area contributed by atoms with Gasteiger partial charge in [0.2, 0.25) is 0 Å². The van der Waals surface area contributed by atoms with E-state index in [1.807, 2.05) is 34.7 Å². The number of benzene rings is 2. The molecule has 0 unspecified atom stereocenters. The lowest BCUT2D eigenvalue weighted by molar-refractivity contribution is -0.0498. The molecule has 2 aromatic carbocycles. The molecule has 0 atom stereocenters. The van der Waals surface area contributed by atoms with Crippen LogP contribution in [0.25, 0.3) is 16.9 Å². The van der Waals surface area contributed by atoms with E-state index in [1.165, 1.54) is 24.2 Å². The minimum absolute atomic E-state index is 0.118. The number of anilines is 3. The molecule has 1 fully saturated rings. The monoisotopic (exact) mass is 439 g/mol. The maximum absolute atomic E-state index is 12.4. The average molecular weight is 439 g/mol. The Hall–Kier alpha value is -3.33. The number of aromatic nitrogens is 3. The second kappa shape index (κ2) is 8.43. The Kier molecular flexibility index (Phi) is 5.33. The van der Waals surface area contributed by atoms with Gasteiger partial charge in [-0.2, -0.15) is 8.78 Å². The summed E-state index contributed by atoms with van der Waals surface area (Å²) >= 11 is 1.85. The molecule has 31 heavy (non-hydrogen) atoms. The third kappa shape index (κ3) is 4.13. The molecule has 0 bridgehead atoms. The van der Waals surface area contributed by atoms with Crippen molar-refractivity contribution in [2.45, 2.75) is 13.0 Å². The largest absolute Gasteiger partial charge is 0.435 e. The van der Waals surface area contributed by atoms with E-state index in [2.05, 4.69) is 36.5 Å². The first-order valence-corrected chi connectivity index (χ1v) is 10.8. The second-order valence-corrected chi connectivity index (χ2v) is 8.08. The van der Waals surface area contributed by atoms with E-state index in [9.17, 15) is 8.78 Å². The van der Waals surface area contributed by atoms with E-state index in [-0.39, 0.29) is 5.75 Å². The summed E-state index contributed by atoms with van der Waals surface area (Å²) in [5.41, 5.74) is 4.45. The zero-order chi connectivity index (χ0) is 21.2. The molecule has 0 radical (unpaired) electrons. The molecule has 2 aromatic heterocycles. The topological polar surface area (TPSA) is 54.7 Å². The molecule has 1 aliphatic heterocycles. The predicted octanol–water partition coefficient (Wildman–Crippen LogP) is 5.60. The van der Waals surface area contributed by atoms with Gasteiger partial charge in [0.1, 0.15) is 5.75 Å². The number of halogens is 2. The van der Waals surface area contributed by atoms with Gasteiger partial charge in [0.05, 0.1) is 11.9 Å². The van der Waals surface area contributed by atoms with Gasteiger partial charge < -0.3 is 14.4 Å². The Balaban J connectivity index is 1.39. The molecule has 158 valence electrons. The summed E-state index contributed by atoms with van der Waals surface area (Å²) in [4.78, 5) is 8.96. The van der Waals surface area contributed by atoms with Gasteiger partial charge in [0, 0.05) is 41.6 Å². The highest BCUT2D eigenvalue weighted by Crippen LogP contribution is 2.31. The average Bonchev–Trinajstić information content (AvgIpc) is 3.45. The minimum atomic E-state index is -2.84. The molecule has 0 spiro atoms. The lowest BCUT2D eigenvalue weighted by Crippen LogP contribution is -2.08. The van der Waals surface area contributed by atoms with E-state index in [0.29, 0.717) is 11.5 Å². The van der Waals surface area contributed by atoms with Crippen LogP contribution in [-0.4, -0.2) is 33.3 Å². The zero-order valence-corrected chi connectivity index (χ0v) is 17.2. The first-order valence-electron chi connectivity index (χ1n) is 9.82. The summed E-state index contributed by atoms with van der Waals surface area (Å²) < 4.78 is 33.4. The molecule has 1 aliphatic rings. The molecule has 0 aliphatic carbocycles. The van der Waals surface area contributed by atoms with Crippen LogP contribution < -0.4 is 14.4 Å². The maximum atomic E-state index is 12.4. The molecule has 4 aromatic rings. The SMILES string of the molecule is FC(F)Oc1ccc(-c2cnc3c(Nc4ccc(N5CCCS5)cc4)nccn23)cc1. The van der Waals surface area contributed by atoms with Gasteiger partial charge in [-0.1, -0.05) is 0 Å². The first kappa shape index (κ1) is 19.6. The highest BCUT2D eigenvalue weighted by molar-refractivity contribution is 8.00. The van der Waals surface area contributed by atoms with E-state index in [4.69, 9.17) is 0 Å². The summed E-state index contributed by atoms with van der Waals surface area (Å²) in [5, 5.41) is 3.34. The second-order valence-electron chi connectivity index (χ2n) is 6.98. The lowest BCUT2D eigenvalue weighted by Gasteiger charge is -2.16. The van der Waals surface area contributed by atoms with Gasteiger partial charge in [-0.3, -0.25) is 4.40 Å². The zero-order valence-electron chi connectivity index (χ0n) is 16.4. The van der Waals surface area contributed by atoms with Crippen molar-refractivity contribution < 1.29 is 13.5 Å². The van der Waals surface area contributed by atoms with Gasteiger partial charge in [-0.05, 0) is 66.9 Å². The summed E-state index contributed by atoms with van der Waals surface area (Å²) in [6.07, 6.45) is 6.46. The van der Waals surface area contributed by atoms with Crippen molar-refractivity contribution in [1.82, 2.24) is 14.4 Å². The molecule has 1 N–H and O–H groups in total. The van der Waals surface area contributed by atoms with Crippen molar-refractivity contribution in [3.8, 4) is 17.0 Å². The van der Waals surface area contributed by atoms with Crippen LogP contribution >= 0.6 is 11.9 Å². The quantitative estimate of drug-likeness (QED) is 0.395. The Morgan fingerprint density at radius 3 is 2.55 bits per heavy atom. The Labute approximate surface area is 182 Å². The molecule has 0 amide bonds. The molecular weight excluding hydrogens is 420 g/mol. The van der Waals surface area contributed by atoms with Crippen molar-refractivity contribution in [1.29, 1.82) is 0 Å². The van der Waals surface area contributed by atoms with E-state index >= 15 is 0 Å². The summed E-state index contributed by atoms with van der Waals surface area (Å²) in [6, 6.07) is 14.7. The lowest BCUT2D eigenvalue weighted by atomic mass is 10.1. The number of hydrogen-bond acceptors (Lipinski definition) is 6. The molecular formula is C22H19F2N5OS. The molecule has 5 rings (SSSR count). The third-order valence-corrected chi connectivity index (χ3v) is 6.15. The Morgan fingerprint density at radius 2 is 1.84 bits per heavy atom. The van der Waals surface area contributed by atoms with Gasteiger partial charge >= 0.3 is 6.61 Å². The first-order chi connectivity index (χ1) is 15.2. The minimum Gasteiger partial charge on any atom is -0.435 e. The fourth-order valence-electron chi connectivity index (χ4n) is 3.53. The van der Waals surface area contributed by atoms with Crippen LogP contribution in [0.5, 0.6) is 5.75 Å². The van der Waals surface area contributed by atoms with E-state index in [0.717, 1.165) is 29.2 Å². The fraction of sp³-hybridized carbons (Fsp3) is 0.182. The number of imidazole rings is 1. The predicted molar refractivity (Wildman–Crippen MR) is 119 cm³/mol. The van der Waals surface area contributed by atoms with Crippen LogP contribution in [-0.2, 0) is 0 Å². The van der Waals surface area contributed by atoms with Crippen molar-refractivity contribution in [3.05, 3.63) is 67.1 Å². The Bertz CT molecular complexity index is 1170. The number of hydrogen-bond donors (Lipinski definition) is 1. The van der Waals surface area contributed by atoms with Crippen LogP contribution in [0.3, 0.4) is 0 Å². The van der Waals surface area contributed by atoms with Crippen LogP contribution in [0, 0.1) is 0 Å². The smallest absolute Gasteiger partial charge is 0.387 e. The van der Waals surface area contributed by atoms with Gasteiger partial charge in [0.15, 0.2) is 11.5 Å². The fourth-order valence-corrected chi connectivity index (χ4v) is 4.53.